The van der Waals surface area contributed by atoms with E-state index < -0.39 is 12.2 Å². The van der Waals surface area contributed by atoms with Gasteiger partial charge >= 0.3 is 6.61 Å². The molecule has 1 unspecified atom stereocenters. The van der Waals surface area contributed by atoms with E-state index in [1.165, 1.54) is 17.0 Å². The maximum atomic E-state index is 13.3. The normalized spacial score (nSPS) is 18.6. The Balaban J connectivity index is 1.94. The number of carbonyl (C=O) groups is 1. The second-order valence-corrected chi connectivity index (χ2v) is 7.46. The van der Waals surface area contributed by atoms with Gasteiger partial charge in [0.25, 0.3) is 5.91 Å². The number of nitrogens with two attached hydrogens (primary N) is 1. The van der Waals surface area contributed by atoms with Crippen molar-refractivity contribution < 1.29 is 23.0 Å². The van der Waals surface area contributed by atoms with Crippen LogP contribution in [-0.4, -0.2) is 44.1 Å². The molecule has 0 spiro atoms. The van der Waals surface area contributed by atoms with Gasteiger partial charge in [0.05, 0.1) is 0 Å². The van der Waals surface area contributed by atoms with Gasteiger partial charge in [0.15, 0.2) is 11.5 Å². The molecular formula is C24H27F2N3O3. The summed E-state index contributed by atoms with van der Waals surface area (Å²) < 4.78 is 34.5. The van der Waals surface area contributed by atoms with Crippen LogP contribution in [0.2, 0.25) is 0 Å². The lowest BCUT2D eigenvalue weighted by molar-refractivity contribution is -0.129. The lowest BCUT2D eigenvalue weighted by Gasteiger charge is -2.26. The van der Waals surface area contributed by atoms with Crippen molar-refractivity contribution in [3.8, 4) is 5.75 Å². The lowest BCUT2D eigenvalue weighted by Crippen LogP contribution is -2.41. The molecule has 0 saturated carbocycles. The molecule has 0 fully saturated rings. The van der Waals surface area contributed by atoms with Gasteiger partial charge in [0.2, 0.25) is 0 Å². The highest BCUT2D eigenvalue weighted by Gasteiger charge is 2.49. The van der Waals surface area contributed by atoms with E-state index in [1.54, 1.807) is 26.3 Å². The van der Waals surface area contributed by atoms with Gasteiger partial charge in [-0.05, 0) is 54.2 Å². The third kappa shape index (κ3) is 4.96. The molecule has 0 saturated heterocycles. The van der Waals surface area contributed by atoms with Gasteiger partial charge in [0.1, 0.15) is 5.75 Å². The summed E-state index contributed by atoms with van der Waals surface area (Å²) in [4.78, 5) is 19.1. The van der Waals surface area contributed by atoms with Crippen molar-refractivity contribution in [2.45, 2.75) is 31.4 Å². The summed E-state index contributed by atoms with van der Waals surface area (Å²) in [5.41, 5.74) is 6.67. The van der Waals surface area contributed by atoms with Gasteiger partial charge in [-0.2, -0.15) is 8.78 Å². The largest absolute Gasteiger partial charge is 0.435 e. The standard InChI is InChI=1S/C24H27F2N3O3/c1-29-21(30)24(28-23(29)27,18-11-13-20(14-12-18)32-22(25)26)19-10-7-9-17(16-19)8-5-3-4-6-15-31-2/h5,7-14,16,22H,3-4,6,15H2,1-2H3,(H2,27,28)/b8-5+. The van der Waals surface area contributed by atoms with Crippen molar-refractivity contribution in [1.29, 1.82) is 0 Å². The minimum Gasteiger partial charge on any atom is -0.435 e. The number of amides is 1. The van der Waals surface area contributed by atoms with Crippen LogP contribution in [0.5, 0.6) is 5.75 Å². The summed E-state index contributed by atoms with van der Waals surface area (Å²) in [5.74, 6) is -0.236. The number of rotatable bonds is 10. The predicted molar refractivity (Wildman–Crippen MR) is 119 cm³/mol. The molecule has 0 bridgehead atoms. The van der Waals surface area contributed by atoms with Crippen LogP contribution in [0, 0.1) is 0 Å². The molecule has 3 rings (SSSR count). The third-order valence-electron chi connectivity index (χ3n) is 5.32. The first-order valence-electron chi connectivity index (χ1n) is 10.3. The Kier molecular flexibility index (Phi) is 7.58. The fraction of sp³-hybridized carbons (Fsp3) is 0.333. The molecular weight excluding hydrogens is 416 g/mol. The molecule has 0 aliphatic carbocycles. The fourth-order valence-corrected chi connectivity index (χ4v) is 3.66. The summed E-state index contributed by atoms with van der Waals surface area (Å²) in [7, 11) is 3.24. The van der Waals surface area contributed by atoms with E-state index in [4.69, 9.17) is 10.5 Å². The SMILES string of the molecule is COCCCC/C=C/c1cccc(C2(c3ccc(OC(F)F)cc3)N=C(N)N(C)C2=O)c1. The van der Waals surface area contributed by atoms with E-state index in [0.29, 0.717) is 11.1 Å². The van der Waals surface area contributed by atoms with Crippen LogP contribution >= 0.6 is 0 Å². The number of benzene rings is 2. The molecule has 8 heteroatoms. The molecule has 170 valence electrons. The van der Waals surface area contributed by atoms with Gasteiger partial charge in [-0.1, -0.05) is 42.5 Å². The molecule has 0 radical (unpaired) electrons. The highest BCUT2D eigenvalue weighted by atomic mass is 19.3. The molecule has 2 aromatic rings. The summed E-state index contributed by atoms with van der Waals surface area (Å²) in [6.45, 7) is -2.19. The summed E-state index contributed by atoms with van der Waals surface area (Å²) in [6, 6.07) is 13.4. The molecule has 2 aromatic carbocycles. The minimum absolute atomic E-state index is 0.000177. The van der Waals surface area contributed by atoms with Crippen LogP contribution in [0.25, 0.3) is 6.08 Å². The molecule has 0 aromatic heterocycles. The third-order valence-corrected chi connectivity index (χ3v) is 5.32. The lowest BCUT2D eigenvalue weighted by atomic mass is 9.82. The van der Waals surface area contributed by atoms with Crippen molar-refractivity contribution in [1.82, 2.24) is 4.90 Å². The Morgan fingerprint density at radius 2 is 1.91 bits per heavy atom. The van der Waals surface area contributed by atoms with Crippen molar-refractivity contribution >= 4 is 17.9 Å². The first-order chi connectivity index (χ1) is 15.4. The van der Waals surface area contributed by atoms with Gasteiger partial charge < -0.3 is 15.2 Å². The molecule has 1 heterocycles. The Hall–Kier alpha value is -3.26. The number of unbranched alkanes of at least 4 members (excludes halogenated alkanes) is 2. The van der Waals surface area contributed by atoms with E-state index in [0.717, 1.165) is 31.4 Å². The number of hydrogen-bond acceptors (Lipinski definition) is 5. The number of allylic oxidation sites excluding steroid dienone is 1. The van der Waals surface area contributed by atoms with Crippen LogP contribution in [0.4, 0.5) is 8.78 Å². The first kappa shape index (κ1) is 23.4. The number of alkyl halides is 2. The van der Waals surface area contributed by atoms with Crippen molar-refractivity contribution in [3.05, 3.63) is 71.3 Å². The monoisotopic (exact) mass is 443 g/mol. The molecule has 1 aliphatic rings. The average Bonchev–Trinajstić information content (AvgIpc) is 3.01. The smallest absolute Gasteiger partial charge is 0.387 e. The second kappa shape index (κ2) is 10.4. The zero-order chi connectivity index (χ0) is 23.1. The number of nitrogens with zero attached hydrogens (tertiary/aromatic N) is 2. The highest BCUT2D eigenvalue weighted by Crippen LogP contribution is 2.40. The number of ether oxygens (including phenoxy) is 2. The van der Waals surface area contributed by atoms with Gasteiger partial charge in [-0.25, -0.2) is 4.99 Å². The number of hydrogen-bond donors (Lipinski definition) is 1. The molecule has 1 amide bonds. The summed E-state index contributed by atoms with van der Waals surface area (Å²) in [6.07, 6.45) is 7.00. The van der Waals surface area contributed by atoms with Crippen LogP contribution < -0.4 is 10.5 Å². The summed E-state index contributed by atoms with van der Waals surface area (Å²) in [5, 5.41) is 0. The Bertz CT molecular complexity index is 992. The summed E-state index contributed by atoms with van der Waals surface area (Å²) >= 11 is 0. The minimum atomic E-state index is -2.93. The number of aliphatic imine (C=N–C) groups is 1. The topological polar surface area (TPSA) is 77.2 Å². The number of carbonyl (C=O) groups excluding carboxylic acids is 1. The molecule has 6 nitrogen and oxygen atoms in total. The fourth-order valence-electron chi connectivity index (χ4n) is 3.66. The number of methoxy groups -OCH3 is 1. The Morgan fingerprint density at radius 3 is 2.53 bits per heavy atom. The van der Waals surface area contributed by atoms with E-state index in [1.807, 2.05) is 30.3 Å². The van der Waals surface area contributed by atoms with Crippen LogP contribution in [-0.2, 0) is 15.1 Å². The first-order valence-corrected chi connectivity index (χ1v) is 10.3. The zero-order valence-corrected chi connectivity index (χ0v) is 18.1. The Labute approximate surface area is 186 Å². The van der Waals surface area contributed by atoms with Crippen molar-refractivity contribution in [2.24, 2.45) is 10.7 Å². The molecule has 1 atom stereocenters. The zero-order valence-electron chi connectivity index (χ0n) is 18.1. The molecule has 32 heavy (non-hydrogen) atoms. The van der Waals surface area contributed by atoms with E-state index in [2.05, 4.69) is 15.8 Å². The maximum Gasteiger partial charge on any atom is 0.387 e. The van der Waals surface area contributed by atoms with Gasteiger partial charge in [-0.15, -0.1) is 0 Å². The van der Waals surface area contributed by atoms with Crippen LogP contribution in [0.1, 0.15) is 36.0 Å². The number of likely N-dealkylation sites (N-methyl/N-ethyl adjacent to an activating group) is 1. The Morgan fingerprint density at radius 1 is 1.16 bits per heavy atom. The number of guanidine groups is 1. The molecule has 1 aliphatic heterocycles. The maximum absolute atomic E-state index is 13.3. The average molecular weight is 443 g/mol. The van der Waals surface area contributed by atoms with Gasteiger partial charge in [-0.3, -0.25) is 9.69 Å². The van der Waals surface area contributed by atoms with Crippen molar-refractivity contribution in [3.63, 3.8) is 0 Å². The molecule has 2 N–H and O–H groups in total. The van der Waals surface area contributed by atoms with Crippen LogP contribution in [0.15, 0.2) is 59.6 Å². The quantitative estimate of drug-likeness (QED) is 0.560. The van der Waals surface area contributed by atoms with Crippen LogP contribution in [0.3, 0.4) is 0 Å². The highest BCUT2D eigenvalue weighted by molar-refractivity contribution is 6.09. The van der Waals surface area contributed by atoms with E-state index >= 15 is 0 Å². The second-order valence-electron chi connectivity index (χ2n) is 7.46. The predicted octanol–water partition coefficient (Wildman–Crippen LogP) is 4.15. The number of halogens is 2. The van der Waals surface area contributed by atoms with E-state index in [9.17, 15) is 13.6 Å². The van der Waals surface area contributed by atoms with Gasteiger partial charge in [0, 0.05) is 20.8 Å². The van der Waals surface area contributed by atoms with Crippen molar-refractivity contribution in [2.75, 3.05) is 20.8 Å². The van der Waals surface area contributed by atoms with E-state index in [-0.39, 0.29) is 17.6 Å².